The Labute approximate surface area is 246 Å². The van der Waals surface area contributed by atoms with Gasteiger partial charge in [0.2, 0.25) is 0 Å². The molecule has 3 aromatic carbocycles. The molecule has 1 aliphatic rings. The molecule has 4 rings (SSSR count). The van der Waals surface area contributed by atoms with E-state index in [2.05, 4.69) is 49.1 Å². The van der Waals surface area contributed by atoms with Crippen LogP contribution < -0.4 is 20.2 Å². The molecule has 0 spiro atoms. The van der Waals surface area contributed by atoms with Crippen molar-refractivity contribution < 1.29 is 9.47 Å². The average molecular weight is 676 g/mol. The minimum absolute atomic E-state index is 0.199. The van der Waals surface area contributed by atoms with Crippen LogP contribution in [0, 0.1) is 28.6 Å². The van der Waals surface area contributed by atoms with Crippen LogP contribution >= 0.6 is 55.1 Å². The van der Waals surface area contributed by atoms with E-state index in [1.165, 1.54) is 7.11 Å². The Morgan fingerprint density at radius 3 is 2.47 bits per heavy atom. The molecular formula is C27H19Br2Cl2N5O2. The van der Waals surface area contributed by atoms with Gasteiger partial charge in [-0.15, -0.1) is 0 Å². The second-order valence-corrected chi connectivity index (χ2v) is 10.5. The molecule has 38 heavy (non-hydrogen) atoms. The van der Waals surface area contributed by atoms with E-state index < -0.39 is 12.1 Å². The fourth-order valence-corrected chi connectivity index (χ4v) is 5.09. The van der Waals surface area contributed by atoms with E-state index in [0.717, 1.165) is 11.3 Å². The molecule has 1 aliphatic heterocycles. The van der Waals surface area contributed by atoms with E-state index in [0.29, 0.717) is 36.1 Å². The number of para-hydroxylation sites is 1. The minimum Gasteiger partial charge on any atom is -0.493 e. The van der Waals surface area contributed by atoms with Crippen LogP contribution in [-0.4, -0.2) is 19.0 Å². The zero-order chi connectivity index (χ0) is 27.4. The van der Waals surface area contributed by atoms with E-state index in [1.54, 1.807) is 29.3 Å². The Balaban J connectivity index is 1.69. The number of nitrogens with two attached hydrogens (primary N) is 1. The van der Waals surface area contributed by atoms with Crippen molar-refractivity contribution in [1.82, 2.24) is 0 Å². The lowest BCUT2D eigenvalue weighted by Gasteiger charge is -2.21. The van der Waals surface area contributed by atoms with Crippen LogP contribution in [0.2, 0.25) is 10.0 Å². The molecule has 0 unspecified atom stereocenters. The van der Waals surface area contributed by atoms with Gasteiger partial charge in [-0.25, -0.2) is 5.01 Å². The molecule has 7 nitrogen and oxygen atoms in total. The number of hydrogen-bond acceptors (Lipinski definition) is 7. The van der Waals surface area contributed by atoms with Crippen LogP contribution in [0.25, 0.3) is 6.08 Å². The first-order chi connectivity index (χ1) is 18.3. The van der Waals surface area contributed by atoms with E-state index in [-0.39, 0.29) is 17.9 Å². The summed E-state index contributed by atoms with van der Waals surface area (Å²) < 4.78 is 12.8. The van der Waals surface area contributed by atoms with Gasteiger partial charge in [0.15, 0.2) is 11.5 Å². The fourth-order valence-electron chi connectivity index (χ4n) is 3.82. The van der Waals surface area contributed by atoms with Crippen LogP contribution in [0.1, 0.15) is 11.1 Å². The standard InChI is InChI=1S/C27H19Br2Cl2N5O2/c1-37-22-11-16(23(28)24(29)26(22)38-14-15-7-8-20(30)21(31)9-15)10-17(12-32)25-19(13-33)27(34)36(35-25)18-5-3-2-4-6-18/h2-11,19,27H,14,34H2,1H3/b17-10-/t19-,27+/m0/s1. The van der Waals surface area contributed by atoms with Crippen molar-refractivity contribution >= 4 is 72.5 Å². The third-order valence-electron chi connectivity index (χ3n) is 5.73. The summed E-state index contributed by atoms with van der Waals surface area (Å²) in [5, 5.41) is 26.9. The number of nitriles is 2. The molecule has 0 aliphatic carbocycles. The maximum atomic E-state index is 10.0. The van der Waals surface area contributed by atoms with Gasteiger partial charge in [0, 0.05) is 4.47 Å². The molecule has 0 saturated heterocycles. The lowest BCUT2D eigenvalue weighted by molar-refractivity contribution is 0.282. The number of hydrazone groups is 1. The molecule has 0 fully saturated rings. The molecule has 2 N–H and O–H groups in total. The second-order valence-electron chi connectivity index (χ2n) is 8.09. The van der Waals surface area contributed by atoms with Crippen molar-refractivity contribution in [2.75, 3.05) is 12.1 Å². The second kappa shape index (κ2) is 12.2. The summed E-state index contributed by atoms with van der Waals surface area (Å²) in [6, 6.07) is 20.6. The monoisotopic (exact) mass is 673 g/mol. The van der Waals surface area contributed by atoms with E-state index >= 15 is 0 Å². The zero-order valence-electron chi connectivity index (χ0n) is 19.8. The number of ether oxygens (including phenoxy) is 2. The molecule has 0 saturated carbocycles. The van der Waals surface area contributed by atoms with Gasteiger partial charge in [0.25, 0.3) is 0 Å². The van der Waals surface area contributed by atoms with Crippen LogP contribution in [0.15, 0.2) is 74.2 Å². The number of halogens is 4. The molecule has 0 amide bonds. The molecule has 3 aromatic rings. The SMILES string of the molecule is COc1cc(/C=C(/C#N)C2=NN(c3ccccc3)[C@@H](N)[C@H]2C#N)c(Br)c(Br)c1OCc1ccc(Cl)c(Cl)c1. The third kappa shape index (κ3) is 5.68. The summed E-state index contributed by atoms with van der Waals surface area (Å²) in [6.07, 6.45) is 0.890. The number of allylic oxidation sites excluding steroid dienone is 1. The third-order valence-corrected chi connectivity index (χ3v) is 8.62. The number of nitrogens with zero attached hydrogens (tertiary/aromatic N) is 4. The number of hydrogen-bond donors (Lipinski definition) is 1. The number of rotatable bonds is 7. The highest BCUT2D eigenvalue weighted by Gasteiger charge is 2.37. The highest BCUT2D eigenvalue weighted by molar-refractivity contribution is 9.13. The highest BCUT2D eigenvalue weighted by Crippen LogP contribution is 2.44. The molecule has 2 atom stereocenters. The normalized spacial score (nSPS) is 17.0. The molecule has 11 heteroatoms. The maximum Gasteiger partial charge on any atom is 0.177 e. The van der Waals surface area contributed by atoms with Crippen molar-refractivity contribution in [3.05, 3.63) is 90.3 Å². The first kappa shape index (κ1) is 28.0. The van der Waals surface area contributed by atoms with E-state index in [4.69, 9.17) is 38.4 Å². The minimum atomic E-state index is -0.806. The van der Waals surface area contributed by atoms with Gasteiger partial charge < -0.3 is 15.2 Å². The Morgan fingerprint density at radius 2 is 1.84 bits per heavy atom. The number of anilines is 1. The van der Waals surface area contributed by atoms with Gasteiger partial charge in [0.05, 0.1) is 44.7 Å². The van der Waals surface area contributed by atoms with Gasteiger partial charge in [0.1, 0.15) is 24.8 Å². The molecule has 0 bridgehead atoms. The number of benzene rings is 3. The smallest absolute Gasteiger partial charge is 0.177 e. The molecule has 0 radical (unpaired) electrons. The van der Waals surface area contributed by atoms with Crippen LogP contribution in [0.4, 0.5) is 5.69 Å². The predicted molar refractivity (Wildman–Crippen MR) is 156 cm³/mol. The first-order valence-electron chi connectivity index (χ1n) is 11.1. The van der Waals surface area contributed by atoms with Crippen molar-refractivity contribution in [3.63, 3.8) is 0 Å². The largest absolute Gasteiger partial charge is 0.493 e. The van der Waals surface area contributed by atoms with Gasteiger partial charge in [-0.05, 0) is 79.4 Å². The average Bonchev–Trinajstić information content (AvgIpc) is 3.26. The Morgan fingerprint density at radius 1 is 1.11 bits per heavy atom. The van der Waals surface area contributed by atoms with Crippen LogP contribution in [0.3, 0.4) is 0 Å². The van der Waals surface area contributed by atoms with E-state index in [9.17, 15) is 10.5 Å². The molecule has 192 valence electrons. The van der Waals surface area contributed by atoms with Crippen molar-refractivity contribution in [1.29, 1.82) is 10.5 Å². The van der Waals surface area contributed by atoms with Crippen molar-refractivity contribution in [3.8, 4) is 23.6 Å². The van der Waals surface area contributed by atoms with Gasteiger partial charge >= 0.3 is 0 Å². The van der Waals surface area contributed by atoms with Gasteiger partial charge in [-0.3, -0.25) is 0 Å². The van der Waals surface area contributed by atoms with Crippen molar-refractivity contribution in [2.45, 2.75) is 12.8 Å². The summed E-state index contributed by atoms with van der Waals surface area (Å²) >= 11 is 19.3. The van der Waals surface area contributed by atoms with Crippen molar-refractivity contribution in [2.24, 2.45) is 16.8 Å². The first-order valence-corrected chi connectivity index (χ1v) is 13.5. The zero-order valence-corrected chi connectivity index (χ0v) is 24.5. The Kier molecular flexibility index (Phi) is 8.99. The summed E-state index contributed by atoms with van der Waals surface area (Å²) in [5.41, 5.74) is 8.98. The lowest BCUT2D eigenvalue weighted by atomic mass is 9.95. The molecule has 0 aromatic heterocycles. The topological polar surface area (TPSA) is 108 Å². The van der Waals surface area contributed by atoms with E-state index in [1.807, 2.05) is 36.4 Å². The quantitative estimate of drug-likeness (QED) is 0.263. The number of methoxy groups -OCH3 is 1. The maximum absolute atomic E-state index is 10.0. The highest BCUT2D eigenvalue weighted by atomic mass is 79.9. The summed E-state index contributed by atoms with van der Waals surface area (Å²) in [6.45, 7) is 0.213. The molecular weight excluding hydrogens is 657 g/mol. The van der Waals surface area contributed by atoms with Crippen LogP contribution in [-0.2, 0) is 6.61 Å². The summed E-state index contributed by atoms with van der Waals surface area (Å²) in [5.74, 6) is 0.0713. The lowest BCUT2D eigenvalue weighted by Crippen LogP contribution is -2.40. The predicted octanol–water partition coefficient (Wildman–Crippen LogP) is 7.31. The molecule has 1 heterocycles. The Bertz CT molecular complexity index is 1520. The van der Waals surface area contributed by atoms with Gasteiger partial charge in [-0.1, -0.05) is 47.5 Å². The van der Waals surface area contributed by atoms with Gasteiger partial charge in [-0.2, -0.15) is 15.6 Å². The Hall–Kier alpha value is -3.05. The summed E-state index contributed by atoms with van der Waals surface area (Å²) in [4.78, 5) is 0. The fraction of sp³-hybridized carbons (Fsp3) is 0.148. The van der Waals surface area contributed by atoms with Crippen LogP contribution in [0.5, 0.6) is 11.5 Å². The summed E-state index contributed by atoms with van der Waals surface area (Å²) in [7, 11) is 1.52.